The smallest absolute Gasteiger partial charge is 0.203 e. The lowest BCUT2D eigenvalue weighted by atomic mass is 9.94. The standard InChI is InChI=1S/C36H30O4S/c1-38-31-21-27(22-32(39-2)36(31)40-3)29-20-26(17-18-30(29)37)24-13-15-25(16-14-24)35-28-11-7-8-12-33(28)41-34(35)19-23-9-5-4-6-10-23/h4-18,20-22,37H,19H2,1-3H3. The monoisotopic (exact) mass is 558 g/mol. The van der Waals surface area contributed by atoms with Gasteiger partial charge < -0.3 is 19.3 Å². The Morgan fingerprint density at radius 2 is 1.24 bits per heavy atom. The van der Waals surface area contributed by atoms with Crippen molar-refractivity contribution < 1.29 is 19.3 Å². The Morgan fingerprint density at radius 1 is 0.610 bits per heavy atom. The van der Waals surface area contributed by atoms with E-state index in [-0.39, 0.29) is 5.75 Å². The van der Waals surface area contributed by atoms with Crippen molar-refractivity contribution in [3.05, 3.63) is 120 Å². The number of fused-ring (bicyclic) bond motifs is 1. The normalized spacial score (nSPS) is 11.0. The summed E-state index contributed by atoms with van der Waals surface area (Å²) in [6.45, 7) is 0. The van der Waals surface area contributed by atoms with Crippen molar-refractivity contribution in [3.8, 4) is 56.4 Å². The number of phenols is 1. The largest absolute Gasteiger partial charge is 0.507 e. The Kier molecular flexibility index (Phi) is 7.36. The third-order valence-electron chi connectivity index (χ3n) is 7.36. The van der Waals surface area contributed by atoms with Gasteiger partial charge in [-0.05, 0) is 58.1 Å². The molecule has 0 saturated carbocycles. The first-order valence-electron chi connectivity index (χ1n) is 13.4. The maximum absolute atomic E-state index is 10.8. The van der Waals surface area contributed by atoms with Crippen LogP contribution < -0.4 is 14.2 Å². The minimum absolute atomic E-state index is 0.176. The van der Waals surface area contributed by atoms with Gasteiger partial charge in [0.05, 0.1) is 21.3 Å². The number of hydrogen-bond acceptors (Lipinski definition) is 5. The van der Waals surface area contributed by atoms with E-state index >= 15 is 0 Å². The van der Waals surface area contributed by atoms with Gasteiger partial charge in [-0.1, -0.05) is 78.9 Å². The van der Waals surface area contributed by atoms with Crippen LogP contribution in [-0.4, -0.2) is 26.4 Å². The predicted molar refractivity (Wildman–Crippen MR) is 169 cm³/mol. The van der Waals surface area contributed by atoms with Gasteiger partial charge in [-0.25, -0.2) is 0 Å². The minimum atomic E-state index is 0.176. The van der Waals surface area contributed by atoms with E-state index in [9.17, 15) is 5.11 Å². The number of methoxy groups -OCH3 is 3. The zero-order chi connectivity index (χ0) is 28.3. The molecular formula is C36H30O4S. The molecule has 0 unspecified atom stereocenters. The van der Waals surface area contributed by atoms with E-state index in [1.165, 1.54) is 31.7 Å². The van der Waals surface area contributed by atoms with Crippen LogP contribution in [0.1, 0.15) is 10.4 Å². The van der Waals surface area contributed by atoms with E-state index < -0.39 is 0 Å². The minimum Gasteiger partial charge on any atom is -0.507 e. The van der Waals surface area contributed by atoms with Gasteiger partial charge in [0.1, 0.15) is 5.75 Å². The highest BCUT2D eigenvalue weighted by Crippen LogP contribution is 2.44. The first-order valence-corrected chi connectivity index (χ1v) is 14.2. The van der Waals surface area contributed by atoms with Crippen LogP contribution in [0.2, 0.25) is 0 Å². The average Bonchev–Trinajstić information content (AvgIpc) is 3.38. The highest BCUT2D eigenvalue weighted by Gasteiger charge is 2.18. The van der Waals surface area contributed by atoms with E-state index in [1.807, 2.05) is 35.6 Å². The van der Waals surface area contributed by atoms with Gasteiger partial charge in [-0.2, -0.15) is 0 Å². The summed E-state index contributed by atoms with van der Waals surface area (Å²) in [7, 11) is 4.74. The second kappa shape index (κ2) is 11.4. The third kappa shape index (κ3) is 5.12. The summed E-state index contributed by atoms with van der Waals surface area (Å²) in [5.74, 6) is 1.75. The quantitative estimate of drug-likeness (QED) is 0.202. The first-order chi connectivity index (χ1) is 20.1. The summed E-state index contributed by atoms with van der Waals surface area (Å²) in [6, 6.07) is 37.3. The maximum atomic E-state index is 10.8. The van der Waals surface area contributed by atoms with Gasteiger partial charge in [-0.3, -0.25) is 0 Å². The SMILES string of the molecule is COc1cc(-c2cc(-c3ccc(-c4c(Cc5ccccc5)sc5ccccc45)cc3)ccc2O)cc(OC)c1OC. The lowest BCUT2D eigenvalue weighted by Crippen LogP contribution is -1.96. The van der Waals surface area contributed by atoms with E-state index in [0.29, 0.717) is 22.8 Å². The fraction of sp³-hybridized carbons (Fsp3) is 0.111. The molecule has 5 aromatic carbocycles. The molecule has 0 spiro atoms. The van der Waals surface area contributed by atoms with E-state index in [2.05, 4.69) is 78.9 Å². The Hall–Kier alpha value is -4.74. The van der Waals surface area contributed by atoms with Crippen LogP contribution in [-0.2, 0) is 6.42 Å². The highest BCUT2D eigenvalue weighted by atomic mass is 32.1. The van der Waals surface area contributed by atoms with Crippen LogP contribution in [0.25, 0.3) is 43.5 Å². The molecule has 1 N–H and O–H groups in total. The number of benzene rings is 5. The van der Waals surface area contributed by atoms with Gasteiger partial charge in [0.2, 0.25) is 5.75 Å². The number of thiophene rings is 1. The first kappa shape index (κ1) is 26.5. The molecule has 0 bridgehead atoms. The molecule has 41 heavy (non-hydrogen) atoms. The summed E-state index contributed by atoms with van der Waals surface area (Å²) in [4.78, 5) is 1.36. The van der Waals surface area contributed by atoms with Crippen LogP contribution in [0.5, 0.6) is 23.0 Å². The van der Waals surface area contributed by atoms with Crippen LogP contribution in [0, 0.1) is 0 Å². The van der Waals surface area contributed by atoms with Gasteiger partial charge in [0, 0.05) is 32.5 Å². The molecule has 6 rings (SSSR count). The van der Waals surface area contributed by atoms with E-state index in [1.54, 1.807) is 27.4 Å². The lowest BCUT2D eigenvalue weighted by Gasteiger charge is -2.15. The Balaban J connectivity index is 1.38. The molecule has 0 aliphatic rings. The Morgan fingerprint density at radius 3 is 1.93 bits per heavy atom. The molecule has 0 saturated heterocycles. The zero-order valence-corrected chi connectivity index (χ0v) is 24.0. The van der Waals surface area contributed by atoms with Crippen LogP contribution in [0.4, 0.5) is 0 Å². The van der Waals surface area contributed by atoms with E-state index in [4.69, 9.17) is 14.2 Å². The van der Waals surface area contributed by atoms with Crippen LogP contribution in [0.3, 0.4) is 0 Å². The molecule has 0 radical (unpaired) electrons. The highest BCUT2D eigenvalue weighted by molar-refractivity contribution is 7.19. The van der Waals surface area contributed by atoms with E-state index in [0.717, 1.165) is 23.1 Å². The third-order valence-corrected chi connectivity index (χ3v) is 8.53. The van der Waals surface area contributed by atoms with Gasteiger partial charge in [-0.15, -0.1) is 11.3 Å². The topological polar surface area (TPSA) is 47.9 Å². The lowest BCUT2D eigenvalue weighted by molar-refractivity contribution is 0.324. The van der Waals surface area contributed by atoms with Crippen molar-refractivity contribution >= 4 is 21.4 Å². The molecule has 0 fully saturated rings. The molecule has 204 valence electrons. The molecule has 6 aromatic rings. The second-order valence-corrected chi connectivity index (χ2v) is 10.9. The van der Waals surface area contributed by atoms with Crippen LogP contribution in [0.15, 0.2) is 109 Å². The summed E-state index contributed by atoms with van der Waals surface area (Å²) in [6.07, 6.45) is 0.896. The number of rotatable bonds is 8. The summed E-state index contributed by atoms with van der Waals surface area (Å²) >= 11 is 1.87. The molecule has 1 heterocycles. The molecule has 0 amide bonds. The van der Waals surface area contributed by atoms with Gasteiger partial charge in [0.15, 0.2) is 11.5 Å². The molecule has 1 aromatic heterocycles. The van der Waals surface area contributed by atoms with Crippen molar-refractivity contribution in [2.45, 2.75) is 6.42 Å². The Bertz CT molecular complexity index is 1800. The summed E-state index contributed by atoms with van der Waals surface area (Å²) < 4.78 is 17.8. The van der Waals surface area contributed by atoms with Gasteiger partial charge in [0.25, 0.3) is 0 Å². The molecule has 5 heteroatoms. The predicted octanol–water partition coefficient (Wildman–Crippen LogP) is 9.22. The fourth-order valence-electron chi connectivity index (χ4n) is 5.33. The molecule has 0 aliphatic carbocycles. The zero-order valence-electron chi connectivity index (χ0n) is 23.2. The molecule has 0 atom stereocenters. The average molecular weight is 559 g/mol. The molecule has 0 aliphatic heterocycles. The number of aromatic hydroxyl groups is 1. The van der Waals surface area contributed by atoms with Crippen LogP contribution >= 0.6 is 11.3 Å². The van der Waals surface area contributed by atoms with Crippen molar-refractivity contribution in [3.63, 3.8) is 0 Å². The number of phenolic OH excluding ortho intramolecular Hbond substituents is 1. The molecular weight excluding hydrogens is 528 g/mol. The number of hydrogen-bond donors (Lipinski definition) is 1. The summed E-state index contributed by atoms with van der Waals surface area (Å²) in [5.41, 5.74) is 7.31. The second-order valence-electron chi connectivity index (χ2n) is 9.78. The Labute approximate surface area is 244 Å². The van der Waals surface area contributed by atoms with Crippen molar-refractivity contribution in [2.24, 2.45) is 0 Å². The van der Waals surface area contributed by atoms with Crippen molar-refractivity contribution in [2.75, 3.05) is 21.3 Å². The maximum Gasteiger partial charge on any atom is 0.203 e. The van der Waals surface area contributed by atoms with Gasteiger partial charge >= 0.3 is 0 Å². The fourth-order valence-corrected chi connectivity index (χ4v) is 6.59. The number of ether oxygens (including phenoxy) is 3. The molecule has 4 nitrogen and oxygen atoms in total. The summed E-state index contributed by atoms with van der Waals surface area (Å²) in [5, 5.41) is 12.1. The van der Waals surface area contributed by atoms with Crippen molar-refractivity contribution in [1.29, 1.82) is 0 Å². The van der Waals surface area contributed by atoms with Crippen molar-refractivity contribution in [1.82, 2.24) is 0 Å².